The molecule has 0 spiro atoms. The van der Waals surface area contributed by atoms with E-state index in [0.717, 1.165) is 23.8 Å². The number of rotatable bonds is 8. The Bertz CT molecular complexity index is 970. The highest BCUT2D eigenvalue weighted by Gasteiger charge is 2.34. The van der Waals surface area contributed by atoms with E-state index in [0.29, 0.717) is 50.5 Å². The molecule has 0 atom stereocenters. The van der Waals surface area contributed by atoms with Gasteiger partial charge in [0.25, 0.3) is 5.91 Å². The van der Waals surface area contributed by atoms with Gasteiger partial charge in [-0.25, -0.2) is 4.39 Å². The van der Waals surface area contributed by atoms with Crippen molar-refractivity contribution in [3.05, 3.63) is 82.4 Å². The van der Waals surface area contributed by atoms with Crippen LogP contribution in [0.2, 0.25) is 0 Å². The Morgan fingerprint density at radius 3 is 2.39 bits per heavy atom. The van der Waals surface area contributed by atoms with Gasteiger partial charge in [-0.05, 0) is 31.0 Å². The number of hydrogen-bond donors (Lipinski definition) is 3. The lowest BCUT2D eigenvalue weighted by Gasteiger charge is -2.32. The van der Waals surface area contributed by atoms with Gasteiger partial charge in [0, 0.05) is 50.5 Å². The molecule has 2 aromatic carbocycles. The van der Waals surface area contributed by atoms with Crippen LogP contribution in [0.5, 0.6) is 0 Å². The summed E-state index contributed by atoms with van der Waals surface area (Å²) >= 11 is 0. The highest BCUT2D eigenvalue weighted by Crippen LogP contribution is 2.33. The molecule has 1 aliphatic rings. The largest absolute Gasteiger partial charge is 0.416 e. The highest BCUT2D eigenvalue weighted by molar-refractivity contribution is 5.93. The molecule has 3 N–H and O–H groups in total. The van der Waals surface area contributed by atoms with Gasteiger partial charge in [-0.1, -0.05) is 36.4 Å². The van der Waals surface area contributed by atoms with Crippen molar-refractivity contribution in [1.29, 1.82) is 0 Å². The third-order valence-electron chi connectivity index (χ3n) is 5.50. The molecular weight excluding hydrogens is 436 g/mol. The fourth-order valence-electron chi connectivity index (χ4n) is 3.80. The molecule has 5 nitrogen and oxygen atoms in total. The highest BCUT2D eigenvalue weighted by atomic mass is 19.4. The van der Waals surface area contributed by atoms with E-state index in [1.165, 1.54) is 0 Å². The average molecular weight is 465 g/mol. The minimum absolute atomic E-state index is 0.317. The van der Waals surface area contributed by atoms with Gasteiger partial charge >= 0.3 is 6.18 Å². The Morgan fingerprint density at radius 2 is 1.73 bits per heavy atom. The van der Waals surface area contributed by atoms with Crippen molar-refractivity contribution in [3.8, 4) is 0 Å². The third-order valence-corrected chi connectivity index (χ3v) is 5.50. The summed E-state index contributed by atoms with van der Waals surface area (Å²) in [6.07, 6.45) is -4.02. The first-order valence-corrected chi connectivity index (χ1v) is 10.8. The zero-order valence-corrected chi connectivity index (χ0v) is 18.4. The monoisotopic (exact) mass is 464 g/mol. The van der Waals surface area contributed by atoms with Crippen LogP contribution in [0.4, 0.5) is 17.6 Å². The Labute approximate surface area is 190 Å². The van der Waals surface area contributed by atoms with E-state index >= 15 is 0 Å². The molecule has 0 unspecified atom stereocenters. The fraction of sp³-hybridized carbons (Fsp3) is 0.375. The maximum Gasteiger partial charge on any atom is 0.416 e. The third kappa shape index (κ3) is 6.71. The van der Waals surface area contributed by atoms with Crippen molar-refractivity contribution < 1.29 is 22.4 Å². The first-order chi connectivity index (χ1) is 15.8. The van der Waals surface area contributed by atoms with Crippen LogP contribution in [0.25, 0.3) is 0 Å². The lowest BCUT2D eigenvalue weighted by molar-refractivity contribution is -0.138. The Kier molecular flexibility index (Phi) is 8.32. The van der Waals surface area contributed by atoms with Gasteiger partial charge in [-0.2, -0.15) is 13.2 Å². The predicted octanol–water partition coefficient (Wildman–Crippen LogP) is 3.43. The summed E-state index contributed by atoms with van der Waals surface area (Å²) in [6, 6.07) is 12.6. The van der Waals surface area contributed by atoms with Crippen LogP contribution in [-0.2, 0) is 23.9 Å². The van der Waals surface area contributed by atoms with Crippen LogP contribution in [0.3, 0.4) is 0 Å². The zero-order chi connectivity index (χ0) is 23.8. The maximum atomic E-state index is 14.2. The molecule has 33 heavy (non-hydrogen) atoms. The number of carbonyl (C=O) groups is 1. The second kappa shape index (κ2) is 11.2. The lowest BCUT2D eigenvalue weighted by atomic mass is 10.1. The molecule has 2 aromatic rings. The number of amides is 1. The van der Waals surface area contributed by atoms with Crippen LogP contribution >= 0.6 is 0 Å². The first kappa shape index (κ1) is 24.6. The van der Waals surface area contributed by atoms with Gasteiger partial charge in [0.15, 0.2) is 0 Å². The number of allylic oxidation sites excluding steroid dienone is 1. The minimum Gasteiger partial charge on any atom is -0.383 e. The van der Waals surface area contributed by atoms with Gasteiger partial charge in [0.05, 0.1) is 5.56 Å². The number of carbonyl (C=O) groups excluding carboxylic acids is 1. The summed E-state index contributed by atoms with van der Waals surface area (Å²) in [7, 11) is 0. The number of alkyl halides is 3. The van der Waals surface area contributed by atoms with Gasteiger partial charge in [-0.15, -0.1) is 0 Å². The molecule has 1 heterocycles. The topological polar surface area (TPSA) is 56.4 Å². The summed E-state index contributed by atoms with van der Waals surface area (Å²) in [5.41, 5.74) is 0.326. The van der Waals surface area contributed by atoms with E-state index in [2.05, 4.69) is 16.0 Å². The van der Waals surface area contributed by atoms with E-state index in [1.807, 2.05) is 35.2 Å². The van der Waals surface area contributed by atoms with E-state index in [1.54, 1.807) is 6.92 Å². The molecule has 1 amide bonds. The molecule has 1 aliphatic heterocycles. The van der Waals surface area contributed by atoms with Crippen molar-refractivity contribution in [2.24, 2.45) is 0 Å². The van der Waals surface area contributed by atoms with Crippen LogP contribution in [0, 0.1) is 5.82 Å². The van der Waals surface area contributed by atoms with Crippen molar-refractivity contribution >= 4 is 5.91 Å². The molecule has 0 aromatic heterocycles. The molecule has 0 radical (unpaired) electrons. The van der Waals surface area contributed by atoms with Gasteiger partial charge in [0.1, 0.15) is 11.5 Å². The van der Waals surface area contributed by atoms with Crippen LogP contribution in [0.15, 0.2) is 59.9 Å². The number of benzene rings is 2. The molecule has 1 saturated heterocycles. The Hall–Kier alpha value is -3.07. The lowest BCUT2D eigenvalue weighted by Crippen LogP contribution is -2.47. The van der Waals surface area contributed by atoms with Crippen LogP contribution in [-0.4, -0.2) is 43.5 Å². The molecule has 0 bridgehead atoms. The normalized spacial score (nSPS) is 15.1. The van der Waals surface area contributed by atoms with E-state index in [-0.39, 0.29) is 12.5 Å². The standard InChI is InChI=1S/C24H28F4N4O/c1-17(31-16-19-20(24(26,27)28)8-5-9-21(19)25)22(32-14-12-29-13-15-32)23(33)30-11-10-18-6-3-2-4-7-18/h2-9,29,31H,10-16H2,1H3,(H,30,33)/b22-17+. The van der Waals surface area contributed by atoms with Gasteiger partial charge in [-0.3, -0.25) is 4.79 Å². The van der Waals surface area contributed by atoms with E-state index in [9.17, 15) is 22.4 Å². The number of nitrogens with one attached hydrogen (secondary N) is 3. The van der Waals surface area contributed by atoms with E-state index < -0.39 is 23.1 Å². The number of piperazine rings is 1. The molecule has 178 valence electrons. The number of halogens is 4. The average Bonchev–Trinajstić information content (AvgIpc) is 2.79. The fourth-order valence-corrected chi connectivity index (χ4v) is 3.80. The summed E-state index contributed by atoms with van der Waals surface area (Å²) in [5, 5.41) is 8.97. The number of hydrogen-bond acceptors (Lipinski definition) is 4. The maximum absolute atomic E-state index is 14.2. The van der Waals surface area contributed by atoms with Crippen LogP contribution < -0.4 is 16.0 Å². The zero-order valence-electron chi connectivity index (χ0n) is 18.4. The van der Waals surface area contributed by atoms with E-state index in [4.69, 9.17) is 0 Å². The first-order valence-electron chi connectivity index (χ1n) is 10.8. The SMILES string of the molecule is C/C(NCc1c(F)cccc1C(F)(F)F)=C(/C(=O)NCCc1ccccc1)N1CCNCC1. The molecule has 9 heteroatoms. The second-order valence-electron chi connectivity index (χ2n) is 7.82. The molecular formula is C24H28F4N4O. The Morgan fingerprint density at radius 1 is 1.03 bits per heavy atom. The van der Waals surface area contributed by atoms with Gasteiger partial charge in [0.2, 0.25) is 0 Å². The summed E-state index contributed by atoms with van der Waals surface area (Å²) in [6.45, 7) is 4.17. The quantitative estimate of drug-likeness (QED) is 0.414. The van der Waals surface area contributed by atoms with Crippen molar-refractivity contribution in [2.45, 2.75) is 26.1 Å². The predicted molar refractivity (Wildman–Crippen MR) is 119 cm³/mol. The second-order valence-corrected chi connectivity index (χ2v) is 7.82. The van der Waals surface area contributed by atoms with Crippen molar-refractivity contribution in [3.63, 3.8) is 0 Å². The van der Waals surface area contributed by atoms with Crippen molar-refractivity contribution in [1.82, 2.24) is 20.9 Å². The molecule has 3 rings (SSSR count). The molecule has 1 fully saturated rings. The smallest absolute Gasteiger partial charge is 0.383 e. The molecule has 0 saturated carbocycles. The Balaban J connectivity index is 1.76. The van der Waals surface area contributed by atoms with Crippen molar-refractivity contribution in [2.75, 3.05) is 32.7 Å². The molecule has 0 aliphatic carbocycles. The summed E-state index contributed by atoms with van der Waals surface area (Å²) in [5.74, 6) is -1.26. The minimum atomic E-state index is -4.67. The van der Waals surface area contributed by atoms with Crippen LogP contribution in [0.1, 0.15) is 23.6 Å². The van der Waals surface area contributed by atoms with Gasteiger partial charge < -0.3 is 20.9 Å². The number of nitrogens with zero attached hydrogens (tertiary/aromatic N) is 1. The summed E-state index contributed by atoms with van der Waals surface area (Å²) < 4.78 is 54.2. The summed E-state index contributed by atoms with van der Waals surface area (Å²) in [4.78, 5) is 14.9.